The summed E-state index contributed by atoms with van der Waals surface area (Å²) >= 11 is 0. The lowest BCUT2D eigenvalue weighted by Gasteiger charge is -2.29. The van der Waals surface area contributed by atoms with Crippen LogP contribution in [0.5, 0.6) is 11.5 Å². The first-order valence-electron chi connectivity index (χ1n) is 9.25. The van der Waals surface area contributed by atoms with E-state index in [1.54, 1.807) is 69.5 Å². The van der Waals surface area contributed by atoms with Crippen LogP contribution in [0.2, 0.25) is 0 Å². The largest absolute Gasteiger partial charge is 0.497 e. The van der Waals surface area contributed by atoms with Gasteiger partial charge in [0.25, 0.3) is 0 Å². The van der Waals surface area contributed by atoms with Gasteiger partial charge in [0.05, 0.1) is 26.9 Å². The predicted octanol–water partition coefficient (Wildman–Crippen LogP) is 3.53. The average molecular weight is 386 g/mol. The van der Waals surface area contributed by atoms with E-state index in [0.717, 1.165) is 0 Å². The van der Waals surface area contributed by atoms with Crippen molar-refractivity contribution in [3.05, 3.63) is 60.2 Å². The molecule has 0 spiro atoms. The minimum atomic E-state index is -1.59. The number of ether oxygens (including phenoxy) is 4. The molecule has 0 atom stereocenters. The summed E-state index contributed by atoms with van der Waals surface area (Å²) in [6.07, 6.45) is 0.0753. The van der Waals surface area contributed by atoms with Crippen LogP contribution >= 0.6 is 0 Å². The SMILES string of the molecule is CCOC(=O)C(CCOc1cccc(OC)c1)(C(=O)OCC)c1ccccc1. The summed E-state index contributed by atoms with van der Waals surface area (Å²) in [5.74, 6) is -0.0561. The molecule has 0 heterocycles. The zero-order valence-electron chi connectivity index (χ0n) is 16.5. The Morgan fingerprint density at radius 2 is 1.46 bits per heavy atom. The fourth-order valence-corrected chi connectivity index (χ4v) is 2.91. The van der Waals surface area contributed by atoms with E-state index in [0.29, 0.717) is 17.1 Å². The molecule has 2 aromatic carbocycles. The monoisotopic (exact) mass is 386 g/mol. The molecule has 0 bridgehead atoms. The molecule has 0 aliphatic heterocycles. The van der Waals surface area contributed by atoms with Gasteiger partial charge in [0.2, 0.25) is 0 Å². The van der Waals surface area contributed by atoms with Crippen molar-refractivity contribution in [1.82, 2.24) is 0 Å². The average Bonchev–Trinajstić information content (AvgIpc) is 2.72. The second-order valence-corrected chi connectivity index (χ2v) is 5.99. The van der Waals surface area contributed by atoms with Gasteiger partial charge in [0.1, 0.15) is 11.5 Å². The number of esters is 2. The first-order valence-corrected chi connectivity index (χ1v) is 9.25. The van der Waals surface area contributed by atoms with Crippen molar-refractivity contribution in [3.8, 4) is 11.5 Å². The number of methoxy groups -OCH3 is 1. The van der Waals surface area contributed by atoms with Crippen LogP contribution in [0, 0.1) is 0 Å². The zero-order chi connectivity index (χ0) is 20.4. The van der Waals surface area contributed by atoms with Crippen LogP contribution in [0.15, 0.2) is 54.6 Å². The van der Waals surface area contributed by atoms with E-state index in [9.17, 15) is 9.59 Å². The molecule has 0 aromatic heterocycles. The normalized spacial score (nSPS) is 10.8. The number of hydrogen-bond donors (Lipinski definition) is 0. The van der Waals surface area contributed by atoms with E-state index < -0.39 is 17.4 Å². The molecule has 0 unspecified atom stereocenters. The van der Waals surface area contributed by atoms with Gasteiger partial charge in [-0.3, -0.25) is 9.59 Å². The summed E-state index contributed by atoms with van der Waals surface area (Å²) in [5, 5.41) is 0. The third-order valence-corrected chi connectivity index (χ3v) is 4.30. The second kappa shape index (κ2) is 10.3. The summed E-state index contributed by atoms with van der Waals surface area (Å²) in [7, 11) is 1.57. The van der Waals surface area contributed by atoms with Gasteiger partial charge < -0.3 is 18.9 Å². The van der Waals surface area contributed by atoms with Crippen LogP contribution in [0.1, 0.15) is 25.8 Å². The first-order chi connectivity index (χ1) is 13.6. The fourth-order valence-electron chi connectivity index (χ4n) is 2.91. The Labute approximate surface area is 165 Å². The lowest BCUT2D eigenvalue weighted by Crippen LogP contribution is -2.47. The minimum absolute atomic E-state index is 0.0753. The highest BCUT2D eigenvalue weighted by atomic mass is 16.6. The third kappa shape index (κ3) is 4.82. The van der Waals surface area contributed by atoms with Crippen molar-refractivity contribution in [1.29, 1.82) is 0 Å². The molecule has 0 saturated heterocycles. The molecular formula is C22H26O6. The van der Waals surface area contributed by atoms with Crippen LogP contribution < -0.4 is 9.47 Å². The molecule has 0 saturated carbocycles. The van der Waals surface area contributed by atoms with Gasteiger partial charge in [-0.2, -0.15) is 0 Å². The fraction of sp³-hybridized carbons (Fsp3) is 0.364. The lowest BCUT2D eigenvalue weighted by atomic mass is 9.77. The van der Waals surface area contributed by atoms with E-state index in [1.807, 2.05) is 6.07 Å². The van der Waals surface area contributed by atoms with Gasteiger partial charge >= 0.3 is 11.9 Å². The number of rotatable bonds is 10. The van der Waals surface area contributed by atoms with Gasteiger partial charge in [0.15, 0.2) is 5.41 Å². The molecule has 0 aliphatic rings. The Hall–Kier alpha value is -3.02. The number of hydrogen-bond acceptors (Lipinski definition) is 6. The molecule has 6 nitrogen and oxygen atoms in total. The topological polar surface area (TPSA) is 71.1 Å². The minimum Gasteiger partial charge on any atom is -0.497 e. The molecule has 6 heteroatoms. The quantitative estimate of drug-likeness (QED) is 0.460. The van der Waals surface area contributed by atoms with Gasteiger partial charge in [-0.25, -0.2) is 0 Å². The third-order valence-electron chi connectivity index (χ3n) is 4.30. The Bertz CT molecular complexity index is 754. The molecule has 0 radical (unpaired) electrons. The molecule has 0 aliphatic carbocycles. The van der Waals surface area contributed by atoms with Crippen molar-refractivity contribution in [2.45, 2.75) is 25.7 Å². The second-order valence-electron chi connectivity index (χ2n) is 5.99. The standard InChI is InChI=1S/C22H26O6/c1-4-26-20(23)22(21(24)27-5-2,17-10-7-6-8-11-17)14-15-28-19-13-9-12-18(16-19)25-3/h6-13,16H,4-5,14-15H2,1-3H3. The molecule has 150 valence electrons. The Morgan fingerprint density at radius 1 is 0.857 bits per heavy atom. The Balaban J connectivity index is 2.32. The van der Waals surface area contributed by atoms with Crippen LogP contribution in [0.4, 0.5) is 0 Å². The number of carbonyl (C=O) groups excluding carboxylic acids is 2. The van der Waals surface area contributed by atoms with E-state index in [-0.39, 0.29) is 26.2 Å². The van der Waals surface area contributed by atoms with Crippen molar-refractivity contribution in [2.24, 2.45) is 0 Å². The molecule has 0 N–H and O–H groups in total. The van der Waals surface area contributed by atoms with Crippen molar-refractivity contribution < 1.29 is 28.5 Å². The van der Waals surface area contributed by atoms with Crippen molar-refractivity contribution in [2.75, 3.05) is 26.9 Å². The molecule has 0 amide bonds. The summed E-state index contributed by atoms with van der Waals surface area (Å²) < 4.78 is 21.5. The van der Waals surface area contributed by atoms with E-state index in [1.165, 1.54) is 0 Å². The van der Waals surface area contributed by atoms with Crippen molar-refractivity contribution >= 4 is 11.9 Å². The number of benzene rings is 2. The summed E-state index contributed by atoms with van der Waals surface area (Å²) in [6.45, 7) is 3.82. The predicted molar refractivity (Wildman–Crippen MR) is 104 cm³/mol. The van der Waals surface area contributed by atoms with Crippen LogP contribution in [0.25, 0.3) is 0 Å². The number of carbonyl (C=O) groups is 2. The highest BCUT2D eigenvalue weighted by molar-refractivity contribution is 6.06. The van der Waals surface area contributed by atoms with Gasteiger partial charge in [-0.1, -0.05) is 36.4 Å². The summed E-state index contributed by atoms with van der Waals surface area (Å²) in [5.41, 5.74) is -1.08. The van der Waals surface area contributed by atoms with Crippen LogP contribution in [-0.2, 0) is 24.5 Å². The maximum absolute atomic E-state index is 12.9. The Kier molecular flexibility index (Phi) is 7.87. The van der Waals surface area contributed by atoms with Gasteiger partial charge in [-0.05, 0) is 31.5 Å². The Morgan fingerprint density at radius 3 is 2.04 bits per heavy atom. The van der Waals surface area contributed by atoms with Crippen LogP contribution in [0.3, 0.4) is 0 Å². The maximum atomic E-state index is 12.9. The van der Waals surface area contributed by atoms with Crippen LogP contribution in [-0.4, -0.2) is 38.9 Å². The smallest absolute Gasteiger partial charge is 0.328 e. The maximum Gasteiger partial charge on any atom is 0.328 e. The van der Waals surface area contributed by atoms with E-state index >= 15 is 0 Å². The summed E-state index contributed by atoms with van der Waals surface area (Å²) in [6, 6.07) is 15.9. The highest BCUT2D eigenvalue weighted by Crippen LogP contribution is 2.32. The molecule has 28 heavy (non-hydrogen) atoms. The highest BCUT2D eigenvalue weighted by Gasteiger charge is 2.50. The lowest BCUT2D eigenvalue weighted by molar-refractivity contribution is -0.165. The molecule has 2 rings (SSSR count). The molecule has 2 aromatic rings. The van der Waals surface area contributed by atoms with E-state index in [4.69, 9.17) is 18.9 Å². The molecular weight excluding hydrogens is 360 g/mol. The summed E-state index contributed by atoms with van der Waals surface area (Å²) in [4.78, 5) is 25.9. The van der Waals surface area contributed by atoms with E-state index in [2.05, 4.69) is 0 Å². The zero-order valence-corrected chi connectivity index (χ0v) is 16.5. The van der Waals surface area contributed by atoms with Gasteiger partial charge in [0, 0.05) is 12.5 Å². The molecule has 0 fully saturated rings. The van der Waals surface area contributed by atoms with Crippen molar-refractivity contribution in [3.63, 3.8) is 0 Å². The first kappa shape index (κ1) is 21.3. The van der Waals surface area contributed by atoms with Gasteiger partial charge in [-0.15, -0.1) is 0 Å².